The third-order valence-electron chi connectivity index (χ3n) is 3.31. The summed E-state index contributed by atoms with van der Waals surface area (Å²) in [5.41, 5.74) is 6.62. The van der Waals surface area contributed by atoms with Gasteiger partial charge in [0.1, 0.15) is 0 Å². The number of rotatable bonds is 3. The van der Waals surface area contributed by atoms with Gasteiger partial charge < -0.3 is 11.1 Å². The van der Waals surface area contributed by atoms with E-state index in [-0.39, 0.29) is 11.4 Å². The lowest BCUT2D eigenvalue weighted by molar-refractivity contribution is -0.125. The Morgan fingerprint density at radius 3 is 2.44 bits per heavy atom. The van der Waals surface area contributed by atoms with Crippen molar-refractivity contribution >= 4 is 5.91 Å². The summed E-state index contributed by atoms with van der Waals surface area (Å²) in [6.45, 7) is 1.71. The number of hydrogen-bond donors (Lipinski definition) is 2. The molecule has 1 aromatic carbocycles. The van der Waals surface area contributed by atoms with E-state index in [0.29, 0.717) is 0 Å². The Balaban J connectivity index is 2.18. The first-order chi connectivity index (χ1) is 7.64. The van der Waals surface area contributed by atoms with Crippen LogP contribution in [0.2, 0.25) is 0 Å². The highest BCUT2D eigenvalue weighted by molar-refractivity contribution is 5.82. The van der Waals surface area contributed by atoms with Gasteiger partial charge >= 0.3 is 0 Å². The molecule has 3 N–H and O–H groups in total. The molecule has 3 nitrogen and oxygen atoms in total. The maximum absolute atomic E-state index is 11.7. The molecule has 1 unspecified atom stereocenters. The number of carbonyl (C=O) groups excluding carboxylic acids is 1. The monoisotopic (exact) mass is 218 g/mol. The molecule has 2 rings (SSSR count). The Labute approximate surface area is 96.0 Å². The predicted molar refractivity (Wildman–Crippen MR) is 63.8 cm³/mol. The van der Waals surface area contributed by atoms with E-state index in [1.165, 1.54) is 5.56 Å². The molecule has 1 fully saturated rings. The predicted octanol–water partition coefficient (Wildman–Crippen LogP) is 1.53. The van der Waals surface area contributed by atoms with Crippen LogP contribution in [0.15, 0.2) is 30.3 Å². The van der Waals surface area contributed by atoms with Crippen molar-refractivity contribution in [2.24, 2.45) is 5.73 Å². The van der Waals surface area contributed by atoms with E-state index < -0.39 is 6.04 Å². The fourth-order valence-corrected chi connectivity index (χ4v) is 2.12. The van der Waals surface area contributed by atoms with Gasteiger partial charge in [0.05, 0.1) is 11.6 Å². The molecule has 16 heavy (non-hydrogen) atoms. The number of benzene rings is 1. The molecular weight excluding hydrogens is 200 g/mol. The van der Waals surface area contributed by atoms with E-state index in [1.54, 1.807) is 6.92 Å². The normalized spacial score (nSPS) is 19.6. The van der Waals surface area contributed by atoms with Gasteiger partial charge in [-0.15, -0.1) is 0 Å². The van der Waals surface area contributed by atoms with Crippen LogP contribution in [0.5, 0.6) is 0 Å². The highest BCUT2D eigenvalue weighted by atomic mass is 16.2. The van der Waals surface area contributed by atoms with Crippen LogP contribution in [0, 0.1) is 0 Å². The minimum Gasteiger partial charge on any atom is -0.345 e. The summed E-state index contributed by atoms with van der Waals surface area (Å²) in [4.78, 5) is 11.7. The van der Waals surface area contributed by atoms with Crippen LogP contribution in [-0.4, -0.2) is 11.9 Å². The number of amides is 1. The largest absolute Gasteiger partial charge is 0.345 e. The second-order valence-corrected chi connectivity index (χ2v) is 4.58. The molecule has 86 valence electrons. The molecule has 0 saturated heterocycles. The lowest BCUT2D eigenvalue weighted by atomic mass is 9.71. The quantitative estimate of drug-likeness (QED) is 0.808. The van der Waals surface area contributed by atoms with Crippen molar-refractivity contribution in [2.45, 2.75) is 37.8 Å². The second-order valence-electron chi connectivity index (χ2n) is 4.58. The molecule has 1 saturated carbocycles. The highest BCUT2D eigenvalue weighted by Crippen LogP contribution is 2.41. The third-order valence-corrected chi connectivity index (χ3v) is 3.31. The van der Waals surface area contributed by atoms with Crippen molar-refractivity contribution in [3.63, 3.8) is 0 Å². The molecule has 0 radical (unpaired) electrons. The van der Waals surface area contributed by atoms with Crippen LogP contribution in [0.1, 0.15) is 31.7 Å². The maximum atomic E-state index is 11.7. The van der Waals surface area contributed by atoms with Crippen LogP contribution in [0.3, 0.4) is 0 Å². The molecule has 1 aliphatic rings. The Morgan fingerprint density at radius 2 is 2.00 bits per heavy atom. The van der Waals surface area contributed by atoms with Gasteiger partial charge in [0.25, 0.3) is 0 Å². The van der Waals surface area contributed by atoms with Crippen molar-refractivity contribution < 1.29 is 4.79 Å². The minimum atomic E-state index is -0.443. The standard InChI is InChI=1S/C13H18N2O/c1-10(14)12(16)15-13(8-5-9-13)11-6-3-2-4-7-11/h2-4,6-7,10H,5,8-9,14H2,1H3,(H,15,16). The van der Waals surface area contributed by atoms with E-state index in [2.05, 4.69) is 17.4 Å². The number of nitrogens with two attached hydrogens (primary N) is 1. The van der Waals surface area contributed by atoms with Gasteiger partial charge in [-0.1, -0.05) is 30.3 Å². The fraction of sp³-hybridized carbons (Fsp3) is 0.462. The van der Waals surface area contributed by atoms with Crippen LogP contribution < -0.4 is 11.1 Å². The van der Waals surface area contributed by atoms with Crippen LogP contribution >= 0.6 is 0 Å². The van der Waals surface area contributed by atoms with Gasteiger partial charge in [-0.25, -0.2) is 0 Å². The van der Waals surface area contributed by atoms with E-state index in [9.17, 15) is 4.79 Å². The molecular formula is C13H18N2O. The van der Waals surface area contributed by atoms with Crippen LogP contribution in [0.4, 0.5) is 0 Å². The average Bonchev–Trinajstić information content (AvgIpc) is 2.24. The minimum absolute atomic E-state index is 0.0662. The SMILES string of the molecule is CC(N)C(=O)NC1(c2ccccc2)CCC1. The van der Waals surface area contributed by atoms with Gasteiger partial charge in [-0.3, -0.25) is 4.79 Å². The summed E-state index contributed by atoms with van der Waals surface area (Å²) in [7, 11) is 0. The van der Waals surface area contributed by atoms with Crippen molar-refractivity contribution in [1.29, 1.82) is 0 Å². The number of nitrogens with one attached hydrogen (secondary N) is 1. The fourth-order valence-electron chi connectivity index (χ4n) is 2.12. The molecule has 0 aliphatic heterocycles. The molecule has 0 aromatic heterocycles. The summed E-state index contributed by atoms with van der Waals surface area (Å²) < 4.78 is 0. The summed E-state index contributed by atoms with van der Waals surface area (Å²) in [5, 5.41) is 3.08. The Kier molecular flexibility index (Phi) is 2.97. The third kappa shape index (κ3) is 1.95. The van der Waals surface area contributed by atoms with Crippen molar-refractivity contribution in [1.82, 2.24) is 5.32 Å². The van der Waals surface area contributed by atoms with Crippen molar-refractivity contribution in [3.8, 4) is 0 Å². The van der Waals surface area contributed by atoms with Crippen molar-refractivity contribution in [2.75, 3.05) is 0 Å². The molecule has 1 aliphatic carbocycles. The molecule has 0 spiro atoms. The lowest BCUT2D eigenvalue weighted by Gasteiger charge is -2.43. The Morgan fingerprint density at radius 1 is 1.38 bits per heavy atom. The second kappa shape index (κ2) is 4.26. The summed E-state index contributed by atoms with van der Waals surface area (Å²) in [5.74, 6) is -0.0662. The van der Waals surface area contributed by atoms with Gasteiger partial charge in [0.2, 0.25) is 5.91 Å². The molecule has 3 heteroatoms. The summed E-state index contributed by atoms with van der Waals surface area (Å²) in [6.07, 6.45) is 3.18. The zero-order valence-electron chi connectivity index (χ0n) is 9.57. The van der Waals surface area contributed by atoms with Gasteiger partial charge in [0, 0.05) is 0 Å². The molecule has 0 bridgehead atoms. The van der Waals surface area contributed by atoms with E-state index in [1.807, 2.05) is 18.2 Å². The number of carbonyl (C=O) groups is 1. The van der Waals surface area contributed by atoms with E-state index >= 15 is 0 Å². The van der Waals surface area contributed by atoms with Gasteiger partial charge in [-0.05, 0) is 31.7 Å². The molecule has 0 heterocycles. The molecule has 1 aromatic rings. The maximum Gasteiger partial charge on any atom is 0.237 e. The topological polar surface area (TPSA) is 55.1 Å². The van der Waals surface area contributed by atoms with Crippen LogP contribution in [-0.2, 0) is 10.3 Å². The average molecular weight is 218 g/mol. The lowest BCUT2D eigenvalue weighted by Crippen LogP contribution is -2.54. The Bertz CT molecular complexity index is 369. The molecule has 1 amide bonds. The van der Waals surface area contributed by atoms with Gasteiger partial charge in [-0.2, -0.15) is 0 Å². The van der Waals surface area contributed by atoms with Gasteiger partial charge in [0.15, 0.2) is 0 Å². The first kappa shape index (κ1) is 11.1. The van der Waals surface area contributed by atoms with Crippen LogP contribution in [0.25, 0.3) is 0 Å². The zero-order valence-corrected chi connectivity index (χ0v) is 9.57. The molecule has 1 atom stereocenters. The smallest absolute Gasteiger partial charge is 0.237 e. The zero-order chi connectivity index (χ0) is 11.6. The van der Waals surface area contributed by atoms with E-state index in [0.717, 1.165) is 19.3 Å². The first-order valence-corrected chi connectivity index (χ1v) is 5.77. The summed E-state index contributed by atoms with van der Waals surface area (Å²) >= 11 is 0. The summed E-state index contributed by atoms with van der Waals surface area (Å²) in [6, 6.07) is 9.70. The number of hydrogen-bond acceptors (Lipinski definition) is 2. The van der Waals surface area contributed by atoms with E-state index in [4.69, 9.17) is 5.73 Å². The first-order valence-electron chi connectivity index (χ1n) is 5.77. The Hall–Kier alpha value is -1.35. The van der Waals surface area contributed by atoms with Crippen molar-refractivity contribution in [3.05, 3.63) is 35.9 Å². The highest BCUT2D eigenvalue weighted by Gasteiger charge is 2.40.